The lowest BCUT2D eigenvalue weighted by Gasteiger charge is -2.37. The maximum atomic E-state index is 6.60. The highest BCUT2D eigenvalue weighted by Gasteiger charge is 2.21. The number of hydrogen-bond donors (Lipinski definition) is 2. The quantitative estimate of drug-likeness (QED) is 0.416. The molecular formula is C28H35N9. The van der Waals surface area contributed by atoms with Gasteiger partial charge in [0.05, 0.1) is 6.20 Å². The maximum absolute atomic E-state index is 6.60. The molecule has 9 nitrogen and oxygen atoms in total. The summed E-state index contributed by atoms with van der Waals surface area (Å²) in [6.07, 6.45) is 3.73. The molecule has 2 aromatic carbocycles. The van der Waals surface area contributed by atoms with E-state index in [1.807, 2.05) is 36.7 Å². The second-order valence-electron chi connectivity index (χ2n) is 10.3. The predicted octanol–water partition coefficient (Wildman–Crippen LogP) is 2.73. The second-order valence-corrected chi connectivity index (χ2v) is 10.3. The van der Waals surface area contributed by atoms with E-state index in [1.54, 1.807) is 4.52 Å². The van der Waals surface area contributed by atoms with Crippen LogP contribution in [-0.4, -0.2) is 90.9 Å². The second kappa shape index (κ2) is 9.57. The van der Waals surface area contributed by atoms with Crippen LogP contribution in [0.1, 0.15) is 0 Å². The van der Waals surface area contributed by atoms with Crippen LogP contribution in [0.4, 0.5) is 22.9 Å². The zero-order chi connectivity index (χ0) is 25.5. The van der Waals surface area contributed by atoms with Crippen molar-refractivity contribution in [2.45, 2.75) is 0 Å². The minimum Gasteiger partial charge on any atom is -0.399 e. The average Bonchev–Trinajstić information content (AvgIpc) is 3.35. The van der Waals surface area contributed by atoms with Crippen LogP contribution in [0.3, 0.4) is 0 Å². The van der Waals surface area contributed by atoms with Crippen LogP contribution in [0.15, 0.2) is 54.9 Å². The topological polar surface area (TPSA) is 95.2 Å². The Morgan fingerprint density at radius 3 is 1.78 bits per heavy atom. The van der Waals surface area contributed by atoms with Crippen molar-refractivity contribution in [3.63, 3.8) is 0 Å². The Morgan fingerprint density at radius 2 is 1.22 bits per heavy atom. The van der Waals surface area contributed by atoms with Gasteiger partial charge in [-0.05, 0) is 55.6 Å². The average molecular weight is 498 g/mol. The fourth-order valence-electron chi connectivity index (χ4n) is 5.28. The third-order valence-corrected chi connectivity index (χ3v) is 7.74. The molecule has 2 aliphatic rings. The summed E-state index contributed by atoms with van der Waals surface area (Å²) in [5.74, 6) is 0.565. The van der Waals surface area contributed by atoms with E-state index >= 15 is 0 Å². The van der Waals surface area contributed by atoms with Gasteiger partial charge in [-0.1, -0.05) is 12.1 Å². The molecule has 4 N–H and O–H groups in total. The first-order valence-electron chi connectivity index (χ1n) is 13.0. The Balaban J connectivity index is 1.42. The summed E-state index contributed by atoms with van der Waals surface area (Å²) >= 11 is 0. The third kappa shape index (κ3) is 4.56. The van der Waals surface area contributed by atoms with Gasteiger partial charge in [0, 0.05) is 86.7 Å². The standard InChI is InChI=1S/C28H35N9/c1-33-7-11-35(12-8-33)23-15-21(16-24(17-23)36-13-9-34(2)10-14-36)26-19-32-37-27(30)25(18-31-28(26)37)20-3-5-22(29)6-4-20/h3-6,15-19H,7-14,29-30H2,1-2H3. The Hall–Kier alpha value is -3.82. The summed E-state index contributed by atoms with van der Waals surface area (Å²) in [4.78, 5) is 14.6. The molecule has 0 radical (unpaired) electrons. The first kappa shape index (κ1) is 23.6. The molecule has 2 fully saturated rings. The number of piperazine rings is 2. The number of aromatic nitrogens is 3. The van der Waals surface area contributed by atoms with E-state index in [0.29, 0.717) is 11.5 Å². The van der Waals surface area contributed by atoms with Gasteiger partial charge in [-0.2, -0.15) is 9.61 Å². The highest BCUT2D eigenvalue weighted by atomic mass is 15.3. The van der Waals surface area contributed by atoms with Crippen molar-refractivity contribution in [3.05, 3.63) is 54.9 Å². The number of nitrogens with zero attached hydrogens (tertiary/aromatic N) is 7. The van der Waals surface area contributed by atoms with E-state index in [0.717, 1.165) is 80.3 Å². The van der Waals surface area contributed by atoms with Gasteiger partial charge in [0.1, 0.15) is 5.82 Å². The van der Waals surface area contributed by atoms with E-state index in [1.165, 1.54) is 11.4 Å². The van der Waals surface area contributed by atoms with Crippen LogP contribution in [0.5, 0.6) is 0 Å². The van der Waals surface area contributed by atoms with Crippen LogP contribution < -0.4 is 21.3 Å². The van der Waals surface area contributed by atoms with Crippen molar-refractivity contribution in [3.8, 4) is 22.3 Å². The van der Waals surface area contributed by atoms with Gasteiger partial charge < -0.3 is 31.1 Å². The molecule has 0 saturated carbocycles. The lowest BCUT2D eigenvalue weighted by atomic mass is 10.0. The van der Waals surface area contributed by atoms with Gasteiger partial charge in [-0.15, -0.1) is 0 Å². The molecule has 9 heteroatoms. The largest absolute Gasteiger partial charge is 0.399 e. The third-order valence-electron chi connectivity index (χ3n) is 7.74. The van der Waals surface area contributed by atoms with Gasteiger partial charge in [-0.25, -0.2) is 4.98 Å². The number of likely N-dealkylation sites (N-methyl/N-ethyl adjacent to an activating group) is 2. The Labute approximate surface area is 217 Å². The molecular weight excluding hydrogens is 462 g/mol. The normalized spacial score (nSPS) is 17.6. The molecule has 0 bridgehead atoms. The molecule has 192 valence electrons. The summed E-state index contributed by atoms with van der Waals surface area (Å²) < 4.78 is 1.75. The Kier molecular flexibility index (Phi) is 6.10. The number of benzene rings is 2. The first-order valence-corrected chi connectivity index (χ1v) is 13.0. The number of nitrogens with two attached hydrogens (primary N) is 2. The molecule has 4 heterocycles. The minimum atomic E-state index is 0.565. The molecule has 2 saturated heterocycles. The molecule has 0 unspecified atom stereocenters. The van der Waals surface area contributed by atoms with Crippen molar-refractivity contribution in [1.82, 2.24) is 24.4 Å². The van der Waals surface area contributed by atoms with Crippen molar-refractivity contribution < 1.29 is 0 Å². The lowest BCUT2D eigenvalue weighted by Crippen LogP contribution is -2.45. The van der Waals surface area contributed by atoms with Crippen molar-refractivity contribution in [2.75, 3.05) is 87.7 Å². The monoisotopic (exact) mass is 497 g/mol. The van der Waals surface area contributed by atoms with Crippen LogP contribution in [0, 0.1) is 0 Å². The predicted molar refractivity (Wildman–Crippen MR) is 152 cm³/mol. The minimum absolute atomic E-state index is 0.565. The summed E-state index contributed by atoms with van der Waals surface area (Å²) in [5.41, 5.74) is 20.4. The van der Waals surface area contributed by atoms with Crippen LogP contribution in [0.2, 0.25) is 0 Å². The zero-order valence-electron chi connectivity index (χ0n) is 21.6. The molecule has 2 aliphatic heterocycles. The van der Waals surface area contributed by atoms with E-state index in [4.69, 9.17) is 16.5 Å². The van der Waals surface area contributed by atoms with Crippen molar-refractivity contribution in [1.29, 1.82) is 0 Å². The molecule has 0 aliphatic carbocycles. The summed E-state index contributed by atoms with van der Waals surface area (Å²) in [5, 5.41) is 4.67. The first-order chi connectivity index (χ1) is 18.0. The maximum Gasteiger partial charge on any atom is 0.165 e. The molecule has 0 atom stereocenters. The molecule has 0 spiro atoms. The molecule has 6 rings (SSSR count). The Bertz CT molecular complexity index is 1360. The summed E-state index contributed by atoms with van der Waals surface area (Å²) in [7, 11) is 4.38. The van der Waals surface area contributed by atoms with Gasteiger partial charge in [0.15, 0.2) is 5.65 Å². The molecule has 2 aromatic heterocycles. The van der Waals surface area contributed by atoms with Crippen LogP contribution >= 0.6 is 0 Å². The number of anilines is 4. The van der Waals surface area contributed by atoms with E-state index in [2.05, 4.69) is 57.0 Å². The molecule has 4 aromatic rings. The van der Waals surface area contributed by atoms with E-state index in [-0.39, 0.29) is 0 Å². The SMILES string of the molecule is CN1CCN(c2cc(-c3cnn4c(N)c(-c5ccc(N)cc5)cnc34)cc(N3CCN(C)CC3)c2)CC1. The number of fused-ring (bicyclic) bond motifs is 1. The summed E-state index contributed by atoms with van der Waals surface area (Å²) in [6.45, 7) is 8.35. The van der Waals surface area contributed by atoms with Crippen LogP contribution in [-0.2, 0) is 0 Å². The van der Waals surface area contributed by atoms with Gasteiger partial charge in [0.2, 0.25) is 0 Å². The molecule has 0 amide bonds. The van der Waals surface area contributed by atoms with Crippen molar-refractivity contribution >= 4 is 28.5 Å². The van der Waals surface area contributed by atoms with Gasteiger partial charge >= 0.3 is 0 Å². The summed E-state index contributed by atoms with van der Waals surface area (Å²) in [6, 6.07) is 14.6. The number of rotatable bonds is 4. The van der Waals surface area contributed by atoms with E-state index in [9.17, 15) is 0 Å². The van der Waals surface area contributed by atoms with E-state index < -0.39 is 0 Å². The van der Waals surface area contributed by atoms with Crippen LogP contribution in [0.25, 0.3) is 27.9 Å². The van der Waals surface area contributed by atoms with Gasteiger partial charge in [-0.3, -0.25) is 0 Å². The van der Waals surface area contributed by atoms with Crippen molar-refractivity contribution in [2.24, 2.45) is 0 Å². The highest BCUT2D eigenvalue weighted by Crippen LogP contribution is 2.35. The zero-order valence-corrected chi connectivity index (χ0v) is 21.6. The fraction of sp³-hybridized carbons (Fsp3) is 0.357. The highest BCUT2D eigenvalue weighted by molar-refractivity contribution is 5.85. The number of nitrogen functional groups attached to an aromatic ring is 2. The number of hydrogen-bond acceptors (Lipinski definition) is 8. The smallest absolute Gasteiger partial charge is 0.165 e. The fourth-order valence-corrected chi connectivity index (χ4v) is 5.28. The lowest BCUT2D eigenvalue weighted by molar-refractivity contribution is 0.312. The Morgan fingerprint density at radius 1 is 0.649 bits per heavy atom. The molecule has 37 heavy (non-hydrogen) atoms. The van der Waals surface area contributed by atoms with Gasteiger partial charge in [0.25, 0.3) is 0 Å².